The summed E-state index contributed by atoms with van der Waals surface area (Å²) in [6, 6.07) is 5.33. The molecule has 1 aliphatic carbocycles. The maximum atomic E-state index is 14.7. The van der Waals surface area contributed by atoms with Gasteiger partial charge >= 0.3 is 11.9 Å². The van der Waals surface area contributed by atoms with E-state index in [0.29, 0.717) is 83.0 Å². The van der Waals surface area contributed by atoms with Gasteiger partial charge in [-0.3, -0.25) is 9.59 Å². The van der Waals surface area contributed by atoms with Crippen LogP contribution in [0.2, 0.25) is 0 Å². The Morgan fingerprint density at radius 1 is 1.02 bits per heavy atom. The lowest BCUT2D eigenvalue weighted by Gasteiger charge is -2.49. The molecule has 3 aliphatic rings. The number of phenols is 1. The first kappa shape index (κ1) is 39.9. The summed E-state index contributed by atoms with van der Waals surface area (Å²) in [5, 5.41) is 36.9. The van der Waals surface area contributed by atoms with Gasteiger partial charge in [-0.05, 0) is 113 Å². The van der Waals surface area contributed by atoms with Gasteiger partial charge in [-0.25, -0.2) is 4.79 Å². The van der Waals surface area contributed by atoms with E-state index in [9.17, 15) is 29.7 Å². The number of aromatic hydroxyl groups is 1. The number of phenolic OH excluding ortho intramolecular Hbond substituents is 1. The summed E-state index contributed by atoms with van der Waals surface area (Å²) in [5.41, 5.74) is -0.686. The fourth-order valence-electron chi connectivity index (χ4n) is 8.79. The van der Waals surface area contributed by atoms with Crippen molar-refractivity contribution in [3.63, 3.8) is 0 Å². The van der Waals surface area contributed by atoms with Crippen molar-refractivity contribution in [1.29, 1.82) is 0 Å². The topological polar surface area (TPSA) is 164 Å². The Kier molecular flexibility index (Phi) is 15.2. The van der Waals surface area contributed by atoms with E-state index in [-0.39, 0.29) is 36.5 Å². The maximum Gasteiger partial charge on any atom is 0.332 e. The number of nitrogens with one attached hydrogen (secondary N) is 2. The van der Waals surface area contributed by atoms with Gasteiger partial charge in [0.15, 0.2) is 11.5 Å². The standard InChI is InChI=1S/C39H62N2O9/c1-4-5-9-29(13-15-31(44)11-8-23-42)33(49-27(2)43)25-35(50-37(47)39-18-7-6-10-30(39)14-17-36(46)41-39)38(19-21-40-22-20-38)26-28-12-16-32(45)34(24-28)48-3/h12,16,24,29-31,33,35,40,42,44-45H,4-11,13-15,17-23,25-26H2,1-3H3,(H,41,46)/t29?,30-,31-,33+,35-,39-/m1/s1. The van der Waals surface area contributed by atoms with Crippen LogP contribution in [0.1, 0.15) is 122 Å². The Hall–Kier alpha value is -2.89. The van der Waals surface area contributed by atoms with E-state index in [4.69, 9.17) is 14.2 Å². The number of amides is 1. The summed E-state index contributed by atoms with van der Waals surface area (Å²) >= 11 is 0. The smallest absolute Gasteiger partial charge is 0.332 e. The lowest BCUT2D eigenvalue weighted by atomic mass is 9.66. The lowest BCUT2D eigenvalue weighted by Crippen LogP contribution is -2.65. The van der Waals surface area contributed by atoms with Crippen LogP contribution in [0, 0.1) is 17.3 Å². The van der Waals surface area contributed by atoms with Gasteiger partial charge in [0.1, 0.15) is 17.7 Å². The second-order valence-corrected chi connectivity index (χ2v) is 15.1. The first-order valence-corrected chi connectivity index (χ1v) is 19.1. The molecule has 3 fully saturated rings. The number of benzene rings is 1. The van der Waals surface area contributed by atoms with Crippen LogP contribution in [0.15, 0.2) is 18.2 Å². The van der Waals surface area contributed by atoms with Crippen molar-refractivity contribution in [2.45, 2.75) is 147 Å². The van der Waals surface area contributed by atoms with E-state index in [1.54, 1.807) is 6.07 Å². The Bertz CT molecular complexity index is 1250. The molecule has 2 saturated heterocycles. The van der Waals surface area contributed by atoms with Crippen molar-refractivity contribution in [2.24, 2.45) is 17.3 Å². The number of carbonyl (C=O) groups excluding carboxylic acids is 3. The summed E-state index contributed by atoms with van der Waals surface area (Å²) in [5.74, 6) is -0.583. The minimum absolute atomic E-state index is 0.00871. The molecule has 1 amide bonds. The largest absolute Gasteiger partial charge is 0.504 e. The zero-order chi connectivity index (χ0) is 36.1. The van der Waals surface area contributed by atoms with Gasteiger partial charge in [-0.2, -0.15) is 0 Å². The fourth-order valence-corrected chi connectivity index (χ4v) is 8.79. The fraction of sp³-hybridized carbons (Fsp3) is 0.769. The monoisotopic (exact) mass is 702 g/mol. The molecule has 4 rings (SSSR count). The summed E-state index contributed by atoms with van der Waals surface area (Å²) in [6.07, 6.45) is 9.52. The van der Waals surface area contributed by atoms with Crippen molar-refractivity contribution in [1.82, 2.24) is 10.6 Å². The van der Waals surface area contributed by atoms with Crippen LogP contribution in [0.5, 0.6) is 11.5 Å². The number of unbranched alkanes of at least 4 members (excludes halogenated alkanes) is 1. The Morgan fingerprint density at radius 3 is 2.50 bits per heavy atom. The Balaban J connectivity index is 1.75. The van der Waals surface area contributed by atoms with Crippen LogP contribution in [0.25, 0.3) is 0 Å². The highest BCUT2D eigenvalue weighted by atomic mass is 16.6. The zero-order valence-electron chi connectivity index (χ0n) is 30.6. The van der Waals surface area contributed by atoms with Crippen LogP contribution in [-0.2, 0) is 30.3 Å². The van der Waals surface area contributed by atoms with Gasteiger partial charge in [0.25, 0.3) is 0 Å². The molecule has 1 aromatic rings. The van der Waals surface area contributed by atoms with Gasteiger partial charge in [0.2, 0.25) is 5.91 Å². The molecule has 50 heavy (non-hydrogen) atoms. The van der Waals surface area contributed by atoms with Gasteiger partial charge in [0.05, 0.1) is 13.2 Å². The number of esters is 2. The number of carbonyl (C=O) groups is 3. The van der Waals surface area contributed by atoms with Gasteiger partial charge in [0, 0.05) is 31.8 Å². The van der Waals surface area contributed by atoms with E-state index in [2.05, 4.69) is 17.6 Å². The second-order valence-electron chi connectivity index (χ2n) is 15.1. The molecular formula is C39H62N2O9. The van der Waals surface area contributed by atoms with Crippen molar-refractivity contribution in [3.8, 4) is 11.5 Å². The maximum absolute atomic E-state index is 14.7. The van der Waals surface area contributed by atoms with E-state index in [1.165, 1.54) is 14.0 Å². The predicted octanol–water partition coefficient (Wildman–Crippen LogP) is 5.11. The van der Waals surface area contributed by atoms with Gasteiger partial charge in [-0.15, -0.1) is 0 Å². The van der Waals surface area contributed by atoms with Crippen molar-refractivity contribution in [2.75, 3.05) is 26.8 Å². The average Bonchev–Trinajstić information content (AvgIpc) is 3.11. The number of aliphatic hydroxyl groups excluding tert-OH is 2. The van der Waals surface area contributed by atoms with Crippen LogP contribution in [0.4, 0.5) is 0 Å². The highest BCUT2D eigenvalue weighted by molar-refractivity contribution is 5.90. The summed E-state index contributed by atoms with van der Waals surface area (Å²) in [7, 11) is 1.52. The zero-order valence-corrected chi connectivity index (χ0v) is 30.6. The molecule has 1 saturated carbocycles. The highest BCUT2D eigenvalue weighted by Gasteiger charge is 2.54. The number of piperidine rings is 2. The molecule has 0 bridgehead atoms. The number of aliphatic hydroxyl groups is 2. The van der Waals surface area contributed by atoms with Crippen LogP contribution >= 0.6 is 0 Å². The van der Waals surface area contributed by atoms with E-state index >= 15 is 0 Å². The molecule has 1 unspecified atom stereocenters. The molecule has 0 spiro atoms. The molecule has 11 nitrogen and oxygen atoms in total. The third-order valence-electron chi connectivity index (χ3n) is 11.6. The molecule has 282 valence electrons. The Morgan fingerprint density at radius 2 is 1.80 bits per heavy atom. The third kappa shape index (κ3) is 10.3. The van der Waals surface area contributed by atoms with E-state index in [0.717, 1.165) is 44.1 Å². The van der Waals surface area contributed by atoms with Crippen molar-refractivity contribution < 1.29 is 43.9 Å². The molecular weight excluding hydrogens is 640 g/mol. The number of hydrogen-bond donors (Lipinski definition) is 5. The molecule has 1 aromatic carbocycles. The first-order valence-electron chi connectivity index (χ1n) is 19.1. The second kappa shape index (κ2) is 19.1. The first-order chi connectivity index (χ1) is 24.1. The van der Waals surface area contributed by atoms with Gasteiger partial charge in [-0.1, -0.05) is 38.7 Å². The molecule has 11 heteroatoms. The number of hydrogen-bond acceptors (Lipinski definition) is 10. The minimum atomic E-state index is -1.07. The number of rotatable bonds is 19. The predicted molar refractivity (Wildman–Crippen MR) is 190 cm³/mol. The van der Waals surface area contributed by atoms with Gasteiger partial charge < -0.3 is 40.2 Å². The molecule has 0 radical (unpaired) electrons. The van der Waals surface area contributed by atoms with Crippen LogP contribution < -0.4 is 15.4 Å². The SMILES string of the molecule is CCCCC(CC[C@H](O)CCCO)[C@H](C[C@@H](OC(=O)[C@@]12CCCC[C@@H]1CCC(=O)N2)C1(Cc2ccc(O)c(OC)c2)CCNCC1)OC(C)=O. The lowest BCUT2D eigenvalue weighted by molar-refractivity contribution is -0.179. The quantitative estimate of drug-likeness (QED) is 0.123. The summed E-state index contributed by atoms with van der Waals surface area (Å²) in [4.78, 5) is 40.3. The summed E-state index contributed by atoms with van der Waals surface area (Å²) < 4.78 is 18.4. The minimum Gasteiger partial charge on any atom is -0.504 e. The number of fused-ring (bicyclic) bond motifs is 1. The molecule has 2 heterocycles. The number of methoxy groups -OCH3 is 1. The molecule has 0 aromatic heterocycles. The van der Waals surface area contributed by atoms with Crippen molar-refractivity contribution in [3.05, 3.63) is 23.8 Å². The molecule has 5 N–H and O–H groups in total. The highest BCUT2D eigenvalue weighted by Crippen LogP contribution is 2.46. The van der Waals surface area contributed by atoms with E-state index < -0.39 is 41.2 Å². The van der Waals surface area contributed by atoms with Crippen LogP contribution in [0.3, 0.4) is 0 Å². The van der Waals surface area contributed by atoms with Crippen molar-refractivity contribution >= 4 is 17.8 Å². The molecule has 6 atom stereocenters. The summed E-state index contributed by atoms with van der Waals surface area (Å²) in [6.45, 7) is 4.97. The molecule has 2 aliphatic heterocycles. The normalized spacial score (nSPS) is 24.2. The average molecular weight is 703 g/mol. The van der Waals surface area contributed by atoms with E-state index in [1.807, 2.05) is 12.1 Å². The number of ether oxygens (including phenoxy) is 3. The van der Waals surface area contributed by atoms with Crippen LogP contribution in [-0.4, -0.2) is 83.8 Å². The third-order valence-corrected chi connectivity index (χ3v) is 11.6. The Labute approximate surface area is 298 Å².